The van der Waals surface area contributed by atoms with Crippen LogP contribution in [0.2, 0.25) is 0 Å². The maximum Gasteiger partial charge on any atom is 0.325 e. The van der Waals surface area contributed by atoms with Crippen LogP contribution in [0.15, 0.2) is 12.2 Å². The van der Waals surface area contributed by atoms with Crippen LogP contribution in [0.3, 0.4) is 0 Å². The lowest BCUT2D eigenvalue weighted by atomic mass is 9.49. The van der Waals surface area contributed by atoms with Crippen molar-refractivity contribution in [2.75, 3.05) is 6.54 Å². The highest BCUT2D eigenvalue weighted by atomic mass is 16.6. The van der Waals surface area contributed by atoms with Crippen LogP contribution in [0.25, 0.3) is 0 Å². The summed E-state index contributed by atoms with van der Waals surface area (Å²) in [5.41, 5.74) is 0.142. The summed E-state index contributed by atoms with van der Waals surface area (Å²) in [5, 5.41) is 2.60. The van der Waals surface area contributed by atoms with E-state index >= 15 is 0 Å². The van der Waals surface area contributed by atoms with E-state index in [1.54, 1.807) is 6.92 Å². The molecule has 0 spiro atoms. The first-order valence-corrected chi connectivity index (χ1v) is 9.10. The van der Waals surface area contributed by atoms with Crippen LogP contribution in [-0.4, -0.2) is 24.0 Å². The highest BCUT2D eigenvalue weighted by molar-refractivity contribution is 5.94. The molecule has 1 N–H and O–H groups in total. The van der Waals surface area contributed by atoms with E-state index in [1.165, 1.54) is 32.1 Å². The first-order valence-electron chi connectivity index (χ1n) is 9.10. The first kappa shape index (κ1) is 16.5. The number of hydrogen-bond donors (Lipinski definition) is 1. The number of hydrogen-bond acceptors (Lipinski definition) is 3. The van der Waals surface area contributed by atoms with Gasteiger partial charge in [-0.05, 0) is 69.1 Å². The molecule has 23 heavy (non-hydrogen) atoms. The van der Waals surface area contributed by atoms with Crippen LogP contribution >= 0.6 is 0 Å². The fourth-order valence-electron chi connectivity index (χ4n) is 5.55. The predicted molar refractivity (Wildman–Crippen MR) is 88.6 cm³/mol. The summed E-state index contributed by atoms with van der Waals surface area (Å²) in [6.07, 6.45) is 8.27. The molecule has 4 saturated carbocycles. The Morgan fingerprint density at radius 1 is 1.13 bits per heavy atom. The van der Waals surface area contributed by atoms with E-state index in [0.29, 0.717) is 17.4 Å². The van der Waals surface area contributed by atoms with Gasteiger partial charge in [-0.15, -0.1) is 0 Å². The largest absolute Gasteiger partial charge is 0.457 e. The molecule has 0 saturated heterocycles. The number of ether oxygens (including phenoxy) is 1. The molecule has 0 atom stereocenters. The molecule has 4 aliphatic rings. The van der Waals surface area contributed by atoms with E-state index in [-0.39, 0.29) is 24.0 Å². The first-order chi connectivity index (χ1) is 10.9. The Bertz CT molecular complexity index is 483. The average Bonchev–Trinajstić information content (AvgIpc) is 2.49. The molecule has 4 aliphatic carbocycles. The molecule has 0 aromatic heterocycles. The molecule has 1 amide bonds. The summed E-state index contributed by atoms with van der Waals surface area (Å²) in [5.74, 6) is 2.18. The number of esters is 1. The molecule has 4 bridgehead atoms. The molecule has 4 heteroatoms. The Kier molecular flexibility index (Phi) is 4.52. The van der Waals surface area contributed by atoms with Gasteiger partial charge in [0.15, 0.2) is 0 Å². The van der Waals surface area contributed by atoms with Crippen molar-refractivity contribution < 1.29 is 14.3 Å². The number of carbonyl (C=O) groups excluding carboxylic acids is 2. The van der Waals surface area contributed by atoms with Gasteiger partial charge in [0, 0.05) is 5.57 Å². The quantitative estimate of drug-likeness (QED) is 0.604. The summed E-state index contributed by atoms with van der Waals surface area (Å²) in [7, 11) is 0. The standard InChI is InChI=1S/C19H29NO3/c1-4-5-19(23-17(21)11-20-18(22)12(2)3)15-7-13-6-14(9-15)10-16(19)8-13/h13-16H,2,4-11H2,1,3H3,(H,20,22). The topological polar surface area (TPSA) is 55.4 Å². The van der Waals surface area contributed by atoms with Crippen molar-refractivity contribution in [3.05, 3.63) is 12.2 Å². The number of amides is 1. The van der Waals surface area contributed by atoms with Crippen molar-refractivity contribution >= 4 is 11.9 Å². The Morgan fingerprint density at radius 2 is 1.70 bits per heavy atom. The van der Waals surface area contributed by atoms with Gasteiger partial charge in [-0.3, -0.25) is 9.59 Å². The summed E-state index contributed by atoms with van der Waals surface area (Å²) >= 11 is 0. The number of rotatable bonds is 6. The molecule has 4 rings (SSSR count). The van der Waals surface area contributed by atoms with Gasteiger partial charge < -0.3 is 10.1 Å². The Morgan fingerprint density at radius 3 is 2.17 bits per heavy atom. The molecule has 0 aromatic rings. The fourth-order valence-corrected chi connectivity index (χ4v) is 5.55. The molecule has 4 nitrogen and oxygen atoms in total. The third kappa shape index (κ3) is 3.05. The van der Waals surface area contributed by atoms with Crippen LogP contribution in [0, 0.1) is 23.7 Å². The van der Waals surface area contributed by atoms with Crippen LogP contribution in [0.4, 0.5) is 0 Å². The SMILES string of the molecule is C=C(C)C(=O)NCC(=O)OC1(CCC)C2CC3CC(C2)CC1C3. The van der Waals surface area contributed by atoms with Crippen molar-refractivity contribution in [1.29, 1.82) is 0 Å². The van der Waals surface area contributed by atoms with E-state index in [2.05, 4.69) is 18.8 Å². The summed E-state index contributed by atoms with van der Waals surface area (Å²) in [4.78, 5) is 23.9. The normalized spacial score (nSPS) is 37.5. The maximum absolute atomic E-state index is 12.4. The van der Waals surface area contributed by atoms with Gasteiger partial charge in [0.05, 0.1) is 0 Å². The van der Waals surface area contributed by atoms with E-state index in [4.69, 9.17) is 4.74 Å². The van der Waals surface area contributed by atoms with Crippen molar-refractivity contribution in [3.63, 3.8) is 0 Å². The minimum atomic E-state index is -0.291. The Hall–Kier alpha value is -1.32. The van der Waals surface area contributed by atoms with E-state index in [9.17, 15) is 9.59 Å². The minimum absolute atomic E-state index is 0.0521. The molecule has 0 aliphatic heterocycles. The van der Waals surface area contributed by atoms with Gasteiger partial charge in [-0.25, -0.2) is 0 Å². The third-order valence-electron chi connectivity index (χ3n) is 6.25. The summed E-state index contributed by atoms with van der Waals surface area (Å²) in [6, 6.07) is 0. The van der Waals surface area contributed by atoms with Gasteiger partial charge in [-0.1, -0.05) is 19.9 Å². The minimum Gasteiger partial charge on any atom is -0.457 e. The Labute approximate surface area is 139 Å². The van der Waals surface area contributed by atoms with Crippen LogP contribution in [0.5, 0.6) is 0 Å². The van der Waals surface area contributed by atoms with E-state index < -0.39 is 0 Å². The second-order valence-electron chi connectivity index (χ2n) is 7.95. The highest BCUT2D eigenvalue weighted by Gasteiger charge is 2.58. The number of carbonyl (C=O) groups is 2. The molecule has 0 unspecified atom stereocenters. The second-order valence-corrected chi connectivity index (χ2v) is 7.95. The van der Waals surface area contributed by atoms with Gasteiger partial charge in [0.25, 0.3) is 0 Å². The molecule has 0 radical (unpaired) electrons. The molecule has 0 heterocycles. The zero-order valence-electron chi connectivity index (χ0n) is 14.4. The van der Waals surface area contributed by atoms with Crippen molar-refractivity contribution in [3.8, 4) is 0 Å². The lowest BCUT2D eigenvalue weighted by Gasteiger charge is -2.60. The maximum atomic E-state index is 12.4. The van der Waals surface area contributed by atoms with Crippen LogP contribution in [-0.2, 0) is 14.3 Å². The van der Waals surface area contributed by atoms with Gasteiger partial charge >= 0.3 is 5.97 Å². The summed E-state index contributed by atoms with van der Waals surface area (Å²) in [6.45, 7) is 7.34. The van der Waals surface area contributed by atoms with Crippen LogP contribution < -0.4 is 5.32 Å². The fraction of sp³-hybridized carbons (Fsp3) is 0.789. The van der Waals surface area contributed by atoms with Gasteiger partial charge in [-0.2, -0.15) is 0 Å². The lowest BCUT2D eigenvalue weighted by molar-refractivity contribution is -0.211. The average molecular weight is 319 g/mol. The van der Waals surface area contributed by atoms with Crippen LogP contribution in [0.1, 0.15) is 58.8 Å². The number of nitrogens with one attached hydrogen (secondary N) is 1. The smallest absolute Gasteiger partial charge is 0.325 e. The monoisotopic (exact) mass is 319 g/mol. The zero-order valence-corrected chi connectivity index (χ0v) is 14.4. The molecular formula is C19H29NO3. The van der Waals surface area contributed by atoms with Gasteiger partial charge in [0.2, 0.25) is 5.91 Å². The van der Waals surface area contributed by atoms with E-state index in [0.717, 1.165) is 24.7 Å². The molecule has 4 fully saturated rings. The lowest BCUT2D eigenvalue weighted by Crippen LogP contribution is -2.60. The molecular weight excluding hydrogens is 290 g/mol. The highest BCUT2D eigenvalue weighted by Crippen LogP contribution is 2.60. The summed E-state index contributed by atoms with van der Waals surface area (Å²) < 4.78 is 6.10. The second kappa shape index (κ2) is 6.29. The molecule has 0 aromatic carbocycles. The third-order valence-corrected chi connectivity index (χ3v) is 6.25. The van der Waals surface area contributed by atoms with Crippen molar-refractivity contribution in [2.45, 2.75) is 64.4 Å². The predicted octanol–water partition coefficient (Wildman–Crippen LogP) is 3.22. The van der Waals surface area contributed by atoms with Gasteiger partial charge in [0.1, 0.15) is 12.1 Å². The van der Waals surface area contributed by atoms with Crippen molar-refractivity contribution in [2.24, 2.45) is 23.7 Å². The van der Waals surface area contributed by atoms with E-state index in [1.807, 2.05) is 0 Å². The Balaban J connectivity index is 1.68. The zero-order chi connectivity index (χ0) is 16.6. The molecule has 128 valence electrons. The van der Waals surface area contributed by atoms with Crippen molar-refractivity contribution in [1.82, 2.24) is 5.32 Å².